The highest BCUT2D eigenvalue weighted by molar-refractivity contribution is 5.91. The van der Waals surface area contributed by atoms with E-state index in [1.165, 1.54) is 27.9 Å². The van der Waals surface area contributed by atoms with Crippen molar-refractivity contribution in [3.05, 3.63) is 41.6 Å². The molecule has 3 aliphatic heterocycles. The lowest BCUT2D eigenvalue weighted by Crippen LogP contribution is -2.59. The van der Waals surface area contributed by atoms with Gasteiger partial charge in [-0.1, -0.05) is 31.2 Å². The molecule has 4 heterocycles. The zero-order valence-electron chi connectivity index (χ0n) is 15.1. The number of carbonyl (C=O) groups excluding carboxylic acids is 1. The van der Waals surface area contributed by atoms with Crippen LogP contribution in [0, 0.1) is 5.41 Å². The van der Waals surface area contributed by atoms with E-state index >= 15 is 0 Å². The quantitative estimate of drug-likeness (QED) is 0.837. The lowest BCUT2D eigenvalue weighted by atomic mass is 9.64. The van der Waals surface area contributed by atoms with Crippen LogP contribution in [-0.4, -0.2) is 35.1 Å². The number of aromatic nitrogens is 1. The topological polar surface area (TPSA) is 34.5 Å². The van der Waals surface area contributed by atoms with E-state index in [2.05, 4.69) is 53.7 Å². The summed E-state index contributed by atoms with van der Waals surface area (Å²) >= 11 is 0. The Kier molecular flexibility index (Phi) is 3.03. The fourth-order valence-corrected chi connectivity index (χ4v) is 5.67. The molecule has 0 saturated carbocycles. The number of carbonyl (C=O) groups is 1. The number of allylic oxidation sites excluding steroid dienone is 1. The number of benzene rings is 1. The molecule has 0 spiro atoms. The van der Waals surface area contributed by atoms with Gasteiger partial charge in [-0.25, -0.2) is 0 Å². The number of amides is 1. The first-order valence-electron chi connectivity index (χ1n) is 9.26. The molecule has 25 heavy (non-hydrogen) atoms. The average Bonchev–Trinajstić information content (AvgIpc) is 2.98. The predicted molar refractivity (Wildman–Crippen MR) is 98.2 cm³/mol. The Labute approximate surface area is 148 Å². The molecule has 4 nitrogen and oxygen atoms in total. The zero-order valence-corrected chi connectivity index (χ0v) is 15.1. The normalized spacial score (nSPS) is 30.4. The van der Waals surface area contributed by atoms with Crippen molar-refractivity contribution in [2.24, 2.45) is 5.41 Å². The summed E-state index contributed by atoms with van der Waals surface area (Å²) in [4.78, 5) is 15.0. The summed E-state index contributed by atoms with van der Waals surface area (Å²) in [6.45, 7) is 5.24. The molecule has 1 saturated heterocycles. The highest BCUT2D eigenvalue weighted by Crippen LogP contribution is 2.57. The standard InChI is InChI=1S/C21H24N2O2/c1-4-21-12-13(2)23-16-8-6-5-7-14(16)15-9-10-22(20(21)19(15)23)18(24)11-17(21)25-3/h5-8,12,17,20H,4,9-11H2,1-3H3/t17-,20-,21+/m0/s1. The van der Waals surface area contributed by atoms with Gasteiger partial charge in [-0.3, -0.25) is 4.79 Å². The largest absolute Gasteiger partial charge is 0.380 e. The molecule has 5 rings (SSSR count). The summed E-state index contributed by atoms with van der Waals surface area (Å²) in [5.41, 5.74) is 5.14. The number of nitrogens with zero attached hydrogens (tertiary/aromatic N) is 2. The van der Waals surface area contributed by atoms with Gasteiger partial charge in [0.15, 0.2) is 0 Å². The van der Waals surface area contributed by atoms with Crippen molar-refractivity contribution >= 4 is 22.5 Å². The Hall–Kier alpha value is -2.07. The lowest BCUT2D eigenvalue weighted by Gasteiger charge is -2.56. The number of ether oxygens (including phenoxy) is 1. The monoisotopic (exact) mass is 336 g/mol. The minimum absolute atomic E-state index is 0.0566. The van der Waals surface area contributed by atoms with E-state index in [9.17, 15) is 4.79 Å². The lowest BCUT2D eigenvalue weighted by molar-refractivity contribution is -0.157. The van der Waals surface area contributed by atoms with Gasteiger partial charge < -0.3 is 14.2 Å². The van der Waals surface area contributed by atoms with Gasteiger partial charge >= 0.3 is 0 Å². The van der Waals surface area contributed by atoms with Crippen LogP contribution in [0.3, 0.4) is 0 Å². The van der Waals surface area contributed by atoms with Crippen LogP contribution in [0.5, 0.6) is 0 Å². The SMILES string of the molecule is CC[C@@]12C=C(C)n3c4c(c5ccccc53)CCN(C(=O)C[C@@H]1OC)[C@@H]42. The molecule has 0 unspecified atom stereocenters. The Morgan fingerprint density at radius 3 is 2.88 bits per heavy atom. The summed E-state index contributed by atoms with van der Waals surface area (Å²) in [5.74, 6) is 0.233. The van der Waals surface area contributed by atoms with Gasteiger partial charge in [-0.2, -0.15) is 0 Å². The van der Waals surface area contributed by atoms with E-state index in [0.29, 0.717) is 6.42 Å². The van der Waals surface area contributed by atoms with Crippen molar-refractivity contribution in [1.29, 1.82) is 0 Å². The summed E-state index contributed by atoms with van der Waals surface area (Å²) in [5, 5.41) is 1.34. The molecule has 1 amide bonds. The number of hydrogen-bond donors (Lipinski definition) is 0. The molecule has 1 aromatic carbocycles. The fraction of sp³-hybridized carbons (Fsp3) is 0.476. The van der Waals surface area contributed by atoms with E-state index in [1.54, 1.807) is 7.11 Å². The van der Waals surface area contributed by atoms with Crippen LogP contribution in [0.1, 0.15) is 44.0 Å². The first kappa shape index (κ1) is 15.2. The average molecular weight is 336 g/mol. The third-order valence-corrected chi connectivity index (χ3v) is 6.71. The number of para-hydroxylation sites is 1. The number of hydrogen-bond acceptors (Lipinski definition) is 2. The summed E-state index contributed by atoms with van der Waals surface area (Å²) in [6.07, 6.45) is 4.73. The van der Waals surface area contributed by atoms with Crippen LogP contribution >= 0.6 is 0 Å². The van der Waals surface area contributed by atoms with Gasteiger partial charge in [0.2, 0.25) is 5.91 Å². The second kappa shape index (κ2) is 4.98. The van der Waals surface area contributed by atoms with E-state index in [0.717, 1.165) is 19.4 Å². The Bertz CT molecular complexity index is 925. The summed E-state index contributed by atoms with van der Waals surface area (Å²) in [6, 6.07) is 8.74. The smallest absolute Gasteiger partial charge is 0.225 e. The van der Waals surface area contributed by atoms with E-state index in [1.807, 2.05) is 0 Å². The minimum atomic E-state index is -0.133. The van der Waals surface area contributed by atoms with E-state index < -0.39 is 0 Å². The van der Waals surface area contributed by atoms with Gasteiger partial charge in [-0.05, 0) is 31.4 Å². The molecular formula is C21H24N2O2. The number of methoxy groups -OCH3 is 1. The molecule has 0 N–H and O–H groups in total. The maximum atomic E-state index is 12.9. The Balaban J connectivity index is 1.88. The first-order chi connectivity index (χ1) is 12.1. The van der Waals surface area contributed by atoms with E-state index in [-0.39, 0.29) is 23.5 Å². The van der Waals surface area contributed by atoms with Crippen molar-refractivity contribution in [2.75, 3.05) is 13.7 Å². The summed E-state index contributed by atoms with van der Waals surface area (Å²) < 4.78 is 8.26. The predicted octanol–water partition coefficient (Wildman–Crippen LogP) is 3.76. The van der Waals surface area contributed by atoms with Crippen molar-refractivity contribution in [3.63, 3.8) is 0 Å². The molecule has 0 bridgehead atoms. The van der Waals surface area contributed by atoms with Crippen molar-refractivity contribution in [1.82, 2.24) is 9.47 Å². The van der Waals surface area contributed by atoms with Crippen LogP contribution < -0.4 is 0 Å². The van der Waals surface area contributed by atoms with Crippen molar-refractivity contribution < 1.29 is 9.53 Å². The van der Waals surface area contributed by atoms with Gasteiger partial charge in [0.1, 0.15) is 0 Å². The van der Waals surface area contributed by atoms with Crippen LogP contribution in [0.2, 0.25) is 0 Å². The molecular weight excluding hydrogens is 312 g/mol. The maximum absolute atomic E-state index is 12.9. The molecule has 0 radical (unpaired) electrons. The molecule has 1 aromatic heterocycles. The number of rotatable bonds is 2. The molecule has 3 aliphatic rings. The highest BCUT2D eigenvalue weighted by Gasteiger charge is 2.57. The first-order valence-corrected chi connectivity index (χ1v) is 9.26. The molecule has 4 heteroatoms. The summed E-state index contributed by atoms with van der Waals surface area (Å²) in [7, 11) is 1.75. The van der Waals surface area contributed by atoms with Crippen LogP contribution in [0.4, 0.5) is 0 Å². The second-order valence-electron chi connectivity index (χ2n) is 7.64. The van der Waals surface area contributed by atoms with Gasteiger partial charge in [0.25, 0.3) is 0 Å². The van der Waals surface area contributed by atoms with Crippen molar-refractivity contribution in [2.45, 2.75) is 45.3 Å². The van der Waals surface area contributed by atoms with Gasteiger partial charge in [0, 0.05) is 30.2 Å². The van der Waals surface area contributed by atoms with Crippen LogP contribution in [0.25, 0.3) is 16.6 Å². The number of fused-ring (bicyclic) bond motifs is 3. The van der Waals surface area contributed by atoms with Crippen LogP contribution in [0.15, 0.2) is 30.3 Å². The van der Waals surface area contributed by atoms with Crippen molar-refractivity contribution in [3.8, 4) is 0 Å². The Morgan fingerprint density at radius 2 is 2.12 bits per heavy atom. The third kappa shape index (κ3) is 1.68. The molecule has 130 valence electrons. The van der Waals surface area contributed by atoms with Gasteiger partial charge in [-0.15, -0.1) is 0 Å². The highest BCUT2D eigenvalue weighted by atomic mass is 16.5. The maximum Gasteiger partial charge on any atom is 0.225 e. The minimum Gasteiger partial charge on any atom is -0.380 e. The molecule has 3 atom stereocenters. The Morgan fingerprint density at radius 1 is 1.32 bits per heavy atom. The number of piperidine rings is 1. The third-order valence-electron chi connectivity index (χ3n) is 6.71. The van der Waals surface area contributed by atoms with E-state index in [4.69, 9.17) is 4.74 Å². The fourth-order valence-electron chi connectivity index (χ4n) is 5.67. The van der Waals surface area contributed by atoms with Gasteiger partial charge in [0.05, 0.1) is 29.8 Å². The van der Waals surface area contributed by atoms with Crippen LogP contribution in [-0.2, 0) is 16.0 Å². The zero-order chi connectivity index (χ0) is 17.3. The molecule has 0 aliphatic carbocycles. The molecule has 1 fully saturated rings. The molecule has 2 aromatic rings. The second-order valence-corrected chi connectivity index (χ2v) is 7.64.